The maximum atomic E-state index is 10.5. The molecule has 0 rings (SSSR count). The fraction of sp³-hybridized carbons (Fsp3) is 0.667. The summed E-state index contributed by atoms with van der Waals surface area (Å²) in [6, 6.07) is 1.89. The van der Waals surface area contributed by atoms with Gasteiger partial charge in [0.25, 0.3) is 0 Å². The molecule has 0 aliphatic heterocycles. The van der Waals surface area contributed by atoms with Gasteiger partial charge in [-0.2, -0.15) is 5.26 Å². The minimum Gasteiger partial charge on any atom is -0.442 e. The van der Waals surface area contributed by atoms with Crippen molar-refractivity contribution in [2.75, 3.05) is 0 Å². The molecule has 0 saturated carbocycles. The van der Waals surface area contributed by atoms with Crippen LogP contribution < -0.4 is 11.3 Å². The van der Waals surface area contributed by atoms with E-state index in [9.17, 15) is 4.79 Å². The lowest BCUT2D eigenvalue weighted by molar-refractivity contribution is 0.0424. The molecule has 0 aromatic heterocycles. The van der Waals surface area contributed by atoms with Gasteiger partial charge in [0.05, 0.1) is 12.5 Å². The van der Waals surface area contributed by atoms with Crippen molar-refractivity contribution in [2.45, 2.75) is 25.9 Å². The van der Waals surface area contributed by atoms with Gasteiger partial charge in [0.1, 0.15) is 5.60 Å². The Hall–Kier alpha value is -1.28. The Kier molecular flexibility index (Phi) is 3.34. The molecule has 0 aromatic rings. The van der Waals surface area contributed by atoms with Gasteiger partial charge in [-0.25, -0.2) is 10.6 Å². The third-order valence-electron chi connectivity index (χ3n) is 0.992. The number of hydrogen-bond acceptors (Lipinski definition) is 4. The van der Waals surface area contributed by atoms with Crippen LogP contribution in [0.3, 0.4) is 0 Å². The molecule has 0 aromatic carbocycles. The molecule has 0 aliphatic rings. The van der Waals surface area contributed by atoms with Crippen LogP contribution in [0.1, 0.15) is 20.3 Å². The zero-order chi connectivity index (χ0) is 8.91. The fourth-order valence-electron chi connectivity index (χ4n) is 0.507. The van der Waals surface area contributed by atoms with E-state index in [1.54, 1.807) is 13.8 Å². The molecule has 0 radical (unpaired) electrons. The highest BCUT2D eigenvalue weighted by molar-refractivity contribution is 5.66. The van der Waals surface area contributed by atoms with Gasteiger partial charge in [-0.05, 0) is 13.8 Å². The van der Waals surface area contributed by atoms with Crippen molar-refractivity contribution >= 4 is 6.09 Å². The lowest BCUT2D eigenvalue weighted by Gasteiger charge is -2.20. The highest BCUT2D eigenvalue weighted by Gasteiger charge is 2.21. The van der Waals surface area contributed by atoms with E-state index in [1.165, 1.54) is 0 Å². The number of carbonyl (C=O) groups excluding carboxylic acids is 1. The first-order valence-corrected chi connectivity index (χ1v) is 3.08. The number of nitrogens with one attached hydrogen (secondary N) is 1. The summed E-state index contributed by atoms with van der Waals surface area (Å²) in [5.41, 5.74) is 1.03. The molecule has 5 nitrogen and oxygen atoms in total. The number of nitrogens with zero attached hydrogens (tertiary/aromatic N) is 1. The van der Waals surface area contributed by atoms with Crippen LogP contribution in [0.5, 0.6) is 0 Å². The monoisotopic (exact) mass is 157 g/mol. The van der Waals surface area contributed by atoms with Gasteiger partial charge in [-0.1, -0.05) is 0 Å². The molecule has 0 unspecified atom stereocenters. The summed E-state index contributed by atoms with van der Waals surface area (Å²) in [6.07, 6.45) is -0.592. The Labute approximate surface area is 65.1 Å². The second kappa shape index (κ2) is 3.78. The van der Waals surface area contributed by atoms with Crippen molar-refractivity contribution in [2.24, 2.45) is 5.84 Å². The van der Waals surface area contributed by atoms with Crippen molar-refractivity contribution in [1.29, 1.82) is 5.26 Å². The maximum Gasteiger partial charge on any atom is 0.421 e. The molecule has 3 N–H and O–H groups in total. The molecule has 0 saturated heterocycles. The Bertz CT molecular complexity index is 183. The summed E-state index contributed by atoms with van der Waals surface area (Å²) in [4.78, 5) is 10.5. The summed E-state index contributed by atoms with van der Waals surface area (Å²) in [5.74, 6) is 4.77. The van der Waals surface area contributed by atoms with Crippen LogP contribution in [0.4, 0.5) is 4.79 Å². The standard InChI is InChI=1S/C6H11N3O2/c1-6(2,3-4-7)11-5(10)9-8/h3,8H2,1-2H3,(H,9,10). The normalized spacial score (nSPS) is 10.0. The number of hydrogen-bond donors (Lipinski definition) is 2. The number of nitrogens with two attached hydrogens (primary N) is 1. The zero-order valence-corrected chi connectivity index (χ0v) is 6.55. The molecule has 62 valence electrons. The fourth-order valence-corrected chi connectivity index (χ4v) is 0.507. The largest absolute Gasteiger partial charge is 0.442 e. The Morgan fingerprint density at radius 1 is 1.82 bits per heavy atom. The molecule has 0 bridgehead atoms. The lowest BCUT2D eigenvalue weighted by atomic mass is 10.1. The zero-order valence-electron chi connectivity index (χ0n) is 6.55. The van der Waals surface area contributed by atoms with Crippen LogP contribution in [0.15, 0.2) is 0 Å². The molecule has 0 spiro atoms. The van der Waals surface area contributed by atoms with Crippen molar-refractivity contribution < 1.29 is 9.53 Å². The van der Waals surface area contributed by atoms with Crippen LogP contribution in [-0.4, -0.2) is 11.7 Å². The van der Waals surface area contributed by atoms with Gasteiger partial charge in [0.15, 0.2) is 0 Å². The SMILES string of the molecule is CC(C)(CC#N)OC(=O)NN. The first-order valence-electron chi connectivity index (χ1n) is 3.08. The van der Waals surface area contributed by atoms with Gasteiger partial charge >= 0.3 is 6.09 Å². The van der Waals surface area contributed by atoms with Gasteiger partial charge in [-0.15, -0.1) is 0 Å². The van der Waals surface area contributed by atoms with E-state index >= 15 is 0 Å². The number of carbonyl (C=O) groups is 1. The van der Waals surface area contributed by atoms with Crippen molar-refractivity contribution in [1.82, 2.24) is 5.43 Å². The van der Waals surface area contributed by atoms with Gasteiger partial charge in [-0.3, -0.25) is 5.43 Å². The number of nitriles is 1. The minimum atomic E-state index is -0.780. The van der Waals surface area contributed by atoms with E-state index in [4.69, 9.17) is 15.8 Å². The second-order valence-corrected chi connectivity index (χ2v) is 2.63. The number of hydrazine groups is 1. The maximum absolute atomic E-state index is 10.5. The highest BCUT2D eigenvalue weighted by atomic mass is 16.6. The van der Waals surface area contributed by atoms with E-state index in [0.717, 1.165) is 0 Å². The van der Waals surface area contributed by atoms with Crippen LogP contribution >= 0.6 is 0 Å². The molecule has 0 atom stereocenters. The molecule has 0 heterocycles. The molecule has 5 heteroatoms. The summed E-state index contributed by atoms with van der Waals surface area (Å²) < 4.78 is 4.73. The smallest absolute Gasteiger partial charge is 0.421 e. The summed E-state index contributed by atoms with van der Waals surface area (Å²) in [6.45, 7) is 3.26. The van der Waals surface area contributed by atoms with Gasteiger partial charge < -0.3 is 4.74 Å². The van der Waals surface area contributed by atoms with Crippen molar-refractivity contribution in [3.63, 3.8) is 0 Å². The average Bonchev–Trinajstić information content (AvgIpc) is 1.86. The third kappa shape index (κ3) is 4.17. The van der Waals surface area contributed by atoms with E-state index in [-0.39, 0.29) is 6.42 Å². The predicted molar refractivity (Wildman–Crippen MR) is 38.1 cm³/mol. The molecule has 0 fully saturated rings. The van der Waals surface area contributed by atoms with E-state index < -0.39 is 11.7 Å². The van der Waals surface area contributed by atoms with E-state index in [0.29, 0.717) is 0 Å². The van der Waals surface area contributed by atoms with Gasteiger partial charge in [0, 0.05) is 0 Å². The Morgan fingerprint density at radius 2 is 2.36 bits per heavy atom. The molecule has 1 amide bonds. The molecular formula is C6H11N3O2. The molecule has 11 heavy (non-hydrogen) atoms. The van der Waals surface area contributed by atoms with Crippen LogP contribution in [0, 0.1) is 11.3 Å². The Morgan fingerprint density at radius 3 is 2.73 bits per heavy atom. The quantitative estimate of drug-likeness (QED) is 0.342. The summed E-state index contributed by atoms with van der Waals surface area (Å²) >= 11 is 0. The first kappa shape index (κ1) is 9.72. The highest BCUT2D eigenvalue weighted by Crippen LogP contribution is 2.12. The minimum absolute atomic E-state index is 0.139. The number of amides is 1. The van der Waals surface area contributed by atoms with Crippen molar-refractivity contribution in [3.8, 4) is 6.07 Å². The first-order chi connectivity index (χ1) is 5.02. The van der Waals surface area contributed by atoms with Crippen molar-refractivity contribution in [3.05, 3.63) is 0 Å². The van der Waals surface area contributed by atoms with Crippen LogP contribution in [-0.2, 0) is 4.74 Å². The van der Waals surface area contributed by atoms with Crippen LogP contribution in [0.2, 0.25) is 0 Å². The van der Waals surface area contributed by atoms with E-state index in [2.05, 4.69) is 0 Å². The summed E-state index contributed by atoms with van der Waals surface area (Å²) in [7, 11) is 0. The number of ether oxygens (including phenoxy) is 1. The molecular weight excluding hydrogens is 146 g/mol. The molecule has 0 aliphatic carbocycles. The summed E-state index contributed by atoms with van der Waals surface area (Å²) in [5, 5.41) is 8.29. The lowest BCUT2D eigenvalue weighted by Crippen LogP contribution is -2.37. The van der Waals surface area contributed by atoms with Crippen LogP contribution in [0.25, 0.3) is 0 Å². The number of rotatable bonds is 2. The second-order valence-electron chi connectivity index (χ2n) is 2.63. The van der Waals surface area contributed by atoms with Gasteiger partial charge in [0.2, 0.25) is 0 Å². The topological polar surface area (TPSA) is 88.1 Å². The van der Waals surface area contributed by atoms with E-state index in [1.807, 2.05) is 11.5 Å². The Balaban J connectivity index is 3.92. The average molecular weight is 157 g/mol. The predicted octanol–water partition coefficient (Wildman–Crippen LogP) is 0.279. The third-order valence-corrected chi connectivity index (χ3v) is 0.992.